The van der Waals surface area contributed by atoms with Crippen LogP contribution in [0.25, 0.3) is 0 Å². The molecule has 3 heterocycles. The maximum atomic E-state index is 14.4. The monoisotopic (exact) mass is 561 g/mol. The van der Waals surface area contributed by atoms with E-state index in [9.17, 15) is 23.1 Å². The van der Waals surface area contributed by atoms with Gasteiger partial charge in [-0.2, -0.15) is 13.2 Å². The lowest BCUT2D eigenvalue weighted by Gasteiger charge is -2.38. The fraction of sp³-hybridized carbons (Fsp3) is 0.600. The number of piperidine rings is 1. The topological polar surface area (TPSA) is 75.1 Å². The molecular formula is C30H38F3N3O4. The third-order valence-electron chi connectivity index (χ3n) is 8.54. The van der Waals surface area contributed by atoms with Gasteiger partial charge in [0.1, 0.15) is 11.8 Å². The number of aromatic nitrogens is 1. The highest BCUT2D eigenvalue weighted by Crippen LogP contribution is 2.46. The number of carbonyl (C=O) groups is 1. The van der Waals surface area contributed by atoms with Crippen molar-refractivity contribution >= 4 is 11.7 Å². The van der Waals surface area contributed by atoms with Gasteiger partial charge in [-0.15, -0.1) is 0 Å². The molecule has 40 heavy (non-hydrogen) atoms. The summed E-state index contributed by atoms with van der Waals surface area (Å²) >= 11 is 0. The summed E-state index contributed by atoms with van der Waals surface area (Å²) in [5, 5.41) is 9.32. The van der Waals surface area contributed by atoms with Crippen molar-refractivity contribution in [2.75, 3.05) is 44.8 Å². The molecule has 1 aromatic carbocycles. The summed E-state index contributed by atoms with van der Waals surface area (Å²) in [5.74, 6) is 0.855. The lowest BCUT2D eigenvalue weighted by Crippen LogP contribution is -2.40. The summed E-state index contributed by atoms with van der Waals surface area (Å²) in [5.41, 5.74) is 1.83. The van der Waals surface area contributed by atoms with Gasteiger partial charge in [0.25, 0.3) is 0 Å². The fourth-order valence-electron chi connectivity index (χ4n) is 6.26. The Morgan fingerprint density at radius 1 is 1.07 bits per heavy atom. The molecular weight excluding hydrogens is 523 g/mol. The van der Waals surface area contributed by atoms with Crippen LogP contribution >= 0.6 is 0 Å². The van der Waals surface area contributed by atoms with Crippen LogP contribution < -0.4 is 14.4 Å². The van der Waals surface area contributed by atoms with Crippen molar-refractivity contribution in [2.24, 2.45) is 11.8 Å². The van der Waals surface area contributed by atoms with Crippen LogP contribution in [0.4, 0.5) is 18.9 Å². The second-order valence-electron chi connectivity index (χ2n) is 11.3. The number of rotatable bonds is 11. The molecule has 0 amide bonds. The van der Waals surface area contributed by atoms with Crippen molar-refractivity contribution in [3.63, 3.8) is 0 Å². The minimum absolute atomic E-state index is 0.0239. The van der Waals surface area contributed by atoms with E-state index < -0.39 is 18.2 Å². The number of alkyl halides is 3. The second kappa shape index (κ2) is 12.2. The van der Waals surface area contributed by atoms with E-state index in [4.69, 9.17) is 9.47 Å². The van der Waals surface area contributed by atoms with Gasteiger partial charge in [0, 0.05) is 42.7 Å². The Morgan fingerprint density at radius 3 is 2.42 bits per heavy atom. The first-order valence-corrected chi connectivity index (χ1v) is 14.3. The molecule has 1 saturated carbocycles. The first-order valence-electron chi connectivity index (χ1n) is 14.3. The lowest BCUT2D eigenvalue weighted by molar-refractivity contribution is -0.183. The third kappa shape index (κ3) is 6.82. The van der Waals surface area contributed by atoms with Gasteiger partial charge in [0.15, 0.2) is 0 Å². The Hall–Kier alpha value is -3.01. The zero-order valence-corrected chi connectivity index (χ0v) is 22.9. The molecule has 10 heteroatoms. The number of anilines is 1. The Bertz CT molecular complexity index is 1160. The standard InChI is InChI=1S/C30H38F3N3O4/c1-39-23-6-7-24(29(30(31,32)33)36-12-2-3-13-36)26(17-23)35-14-9-20(10-15-35)19-40-27-16-22(8-11-34-27)25(18-28(37)38)21-4-5-21/h6-8,11,16-17,20-21,25,29H,2-5,9-10,12-15,18-19H2,1H3,(H,37,38). The fourth-order valence-corrected chi connectivity index (χ4v) is 6.26. The number of aliphatic carboxylic acids is 1. The van der Waals surface area contributed by atoms with E-state index in [1.165, 1.54) is 7.11 Å². The van der Waals surface area contributed by atoms with Crippen LogP contribution in [0.1, 0.15) is 68.0 Å². The number of halogens is 3. The van der Waals surface area contributed by atoms with Gasteiger partial charge in [-0.3, -0.25) is 9.69 Å². The quantitative estimate of drug-likeness (QED) is 0.358. The molecule has 0 spiro atoms. The SMILES string of the molecule is COc1ccc(C(N2CCCC2)C(F)(F)F)c(N2CCC(COc3cc(C(CC(=O)O)C4CC4)ccn3)CC2)c1. The predicted octanol–water partition coefficient (Wildman–Crippen LogP) is 6.05. The van der Waals surface area contributed by atoms with Crippen molar-refractivity contribution in [1.82, 2.24) is 9.88 Å². The summed E-state index contributed by atoms with van der Waals surface area (Å²) in [4.78, 5) is 19.3. The van der Waals surface area contributed by atoms with Crippen LogP contribution in [-0.2, 0) is 4.79 Å². The average molecular weight is 562 g/mol. The normalized spacial score (nSPS) is 20.4. The van der Waals surface area contributed by atoms with E-state index in [2.05, 4.69) is 4.98 Å². The van der Waals surface area contributed by atoms with Crippen LogP contribution in [0, 0.1) is 11.8 Å². The van der Waals surface area contributed by atoms with E-state index in [0.717, 1.165) is 44.1 Å². The molecule has 5 rings (SSSR count). The Kier molecular flexibility index (Phi) is 8.73. The average Bonchev–Trinajstić information content (AvgIpc) is 3.65. The number of nitrogens with zero attached hydrogens (tertiary/aromatic N) is 3. The highest BCUT2D eigenvalue weighted by Gasteiger charge is 2.47. The Labute approximate surface area is 233 Å². The molecule has 0 radical (unpaired) electrons. The van der Waals surface area contributed by atoms with E-state index in [1.807, 2.05) is 17.0 Å². The molecule has 1 aromatic heterocycles. The molecule has 1 N–H and O–H groups in total. The molecule has 2 saturated heterocycles. The smallest absolute Gasteiger partial charge is 0.408 e. The lowest BCUT2D eigenvalue weighted by atomic mass is 9.92. The largest absolute Gasteiger partial charge is 0.497 e. The Balaban J connectivity index is 1.24. The van der Waals surface area contributed by atoms with E-state index in [1.54, 1.807) is 29.3 Å². The summed E-state index contributed by atoms with van der Waals surface area (Å²) < 4.78 is 54.5. The van der Waals surface area contributed by atoms with Gasteiger partial charge in [0.05, 0.1) is 20.1 Å². The number of hydrogen-bond donors (Lipinski definition) is 1. The van der Waals surface area contributed by atoms with Crippen molar-refractivity contribution < 1.29 is 32.5 Å². The maximum absolute atomic E-state index is 14.4. The van der Waals surface area contributed by atoms with Gasteiger partial charge in [0.2, 0.25) is 5.88 Å². The zero-order valence-electron chi connectivity index (χ0n) is 22.9. The molecule has 2 atom stereocenters. The number of benzene rings is 1. The number of methoxy groups -OCH3 is 1. The van der Waals surface area contributed by atoms with Crippen LogP contribution in [-0.4, -0.2) is 67.0 Å². The highest BCUT2D eigenvalue weighted by atomic mass is 19.4. The van der Waals surface area contributed by atoms with E-state index >= 15 is 0 Å². The van der Waals surface area contributed by atoms with Crippen molar-refractivity contribution in [3.05, 3.63) is 47.7 Å². The van der Waals surface area contributed by atoms with E-state index in [-0.39, 0.29) is 23.8 Å². The van der Waals surface area contributed by atoms with Crippen LogP contribution in [0.5, 0.6) is 11.6 Å². The van der Waals surface area contributed by atoms with Gasteiger partial charge in [-0.05, 0) is 87.1 Å². The number of carboxylic acids is 1. The summed E-state index contributed by atoms with van der Waals surface area (Å²) in [6.07, 6.45) is 2.62. The van der Waals surface area contributed by atoms with E-state index in [0.29, 0.717) is 56.0 Å². The number of likely N-dealkylation sites (tertiary alicyclic amines) is 1. The van der Waals surface area contributed by atoms with Gasteiger partial charge in [-0.25, -0.2) is 4.98 Å². The number of pyridine rings is 1. The van der Waals surface area contributed by atoms with Crippen LogP contribution in [0.3, 0.4) is 0 Å². The predicted molar refractivity (Wildman–Crippen MR) is 145 cm³/mol. The molecule has 218 valence electrons. The molecule has 2 aliphatic heterocycles. The maximum Gasteiger partial charge on any atom is 0.408 e. The van der Waals surface area contributed by atoms with Crippen molar-refractivity contribution in [3.8, 4) is 11.6 Å². The summed E-state index contributed by atoms with van der Waals surface area (Å²) in [7, 11) is 1.53. The molecule has 1 aliphatic carbocycles. The van der Waals surface area contributed by atoms with Gasteiger partial charge in [-0.1, -0.05) is 6.07 Å². The molecule has 3 aliphatic rings. The molecule has 0 bridgehead atoms. The van der Waals surface area contributed by atoms with Crippen molar-refractivity contribution in [1.29, 1.82) is 0 Å². The van der Waals surface area contributed by atoms with Gasteiger partial charge >= 0.3 is 12.1 Å². The summed E-state index contributed by atoms with van der Waals surface area (Å²) in [6, 6.07) is 7.05. The number of hydrogen-bond acceptors (Lipinski definition) is 6. The molecule has 2 unspecified atom stereocenters. The minimum Gasteiger partial charge on any atom is -0.497 e. The van der Waals surface area contributed by atoms with Gasteiger partial charge < -0.3 is 19.5 Å². The minimum atomic E-state index is -4.37. The molecule has 7 nitrogen and oxygen atoms in total. The second-order valence-corrected chi connectivity index (χ2v) is 11.3. The van der Waals surface area contributed by atoms with Crippen LogP contribution in [0.2, 0.25) is 0 Å². The first-order chi connectivity index (χ1) is 19.2. The summed E-state index contributed by atoms with van der Waals surface area (Å²) in [6.45, 7) is 2.59. The molecule has 3 fully saturated rings. The molecule has 2 aromatic rings. The number of carboxylic acid groups (broad SMARTS) is 1. The third-order valence-corrected chi connectivity index (χ3v) is 8.54. The number of ether oxygens (including phenoxy) is 2. The van der Waals surface area contributed by atoms with Crippen molar-refractivity contribution in [2.45, 2.75) is 63.1 Å². The first kappa shape index (κ1) is 28.5. The Morgan fingerprint density at radius 2 is 1.80 bits per heavy atom. The highest BCUT2D eigenvalue weighted by molar-refractivity contribution is 5.68. The zero-order chi connectivity index (χ0) is 28.3. The van der Waals surface area contributed by atoms with Crippen LogP contribution in [0.15, 0.2) is 36.5 Å².